The summed E-state index contributed by atoms with van der Waals surface area (Å²) < 4.78 is 0. The van der Waals surface area contributed by atoms with Crippen molar-refractivity contribution in [3.8, 4) is 0 Å². The number of rotatable bonds is 5. The summed E-state index contributed by atoms with van der Waals surface area (Å²) in [5.74, 6) is -0.712. The zero-order chi connectivity index (χ0) is 12.8. The molecule has 1 rings (SSSR count). The van der Waals surface area contributed by atoms with Gasteiger partial charge in [-0.15, -0.1) is 11.8 Å². The molecule has 0 heterocycles. The quantitative estimate of drug-likeness (QED) is 0.815. The summed E-state index contributed by atoms with van der Waals surface area (Å²) in [7, 11) is 1.73. The molecule has 92 valence electrons. The number of hydrogen-bond acceptors (Lipinski definition) is 3. The molecule has 5 heteroatoms. The Morgan fingerprint density at radius 2 is 2.00 bits per heavy atom. The van der Waals surface area contributed by atoms with E-state index in [2.05, 4.69) is 0 Å². The molecule has 0 bridgehead atoms. The highest BCUT2D eigenvalue weighted by molar-refractivity contribution is 8.00. The fourth-order valence-electron chi connectivity index (χ4n) is 1.20. The molecule has 1 aromatic rings. The van der Waals surface area contributed by atoms with Gasteiger partial charge < -0.3 is 10.0 Å². The van der Waals surface area contributed by atoms with Gasteiger partial charge in [0.15, 0.2) is 0 Å². The number of carbonyl (C=O) groups excluding carboxylic acids is 1. The first kappa shape index (κ1) is 13.6. The standard InChI is InChI=1S/C12H15NO3S/c1-3-13(2)11(14)8-17-10-7-5-4-6-9(10)12(15)16/h4-7H,3,8H2,1-2H3,(H,15,16). The molecule has 0 fully saturated rings. The number of carbonyl (C=O) groups is 2. The van der Waals surface area contributed by atoms with E-state index in [1.807, 2.05) is 6.92 Å². The first-order chi connectivity index (χ1) is 8.06. The van der Waals surface area contributed by atoms with Crippen LogP contribution in [0.25, 0.3) is 0 Å². The summed E-state index contributed by atoms with van der Waals surface area (Å²) in [6.07, 6.45) is 0. The second kappa shape index (κ2) is 6.30. The predicted octanol–water partition coefficient (Wildman–Crippen LogP) is 1.96. The highest BCUT2D eigenvalue weighted by Crippen LogP contribution is 2.22. The van der Waals surface area contributed by atoms with Crippen molar-refractivity contribution < 1.29 is 14.7 Å². The van der Waals surface area contributed by atoms with Gasteiger partial charge in [0, 0.05) is 18.5 Å². The van der Waals surface area contributed by atoms with Gasteiger partial charge in [-0.1, -0.05) is 12.1 Å². The fraction of sp³-hybridized carbons (Fsp3) is 0.333. The Morgan fingerprint density at radius 1 is 1.35 bits per heavy atom. The topological polar surface area (TPSA) is 57.6 Å². The Balaban J connectivity index is 2.69. The molecule has 4 nitrogen and oxygen atoms in total. The lowest BCUT2D eigenvalue weighted by atomic mass is 10.2. The molecule has 0 aliphatic carbocycles. The number of carboxylic acid groups (broad SMARTS) is 1. The number of aromatic carboxylic acids is 1. The molecule has 0 aliphatic rings. The first-order valence-electron chi connectivity index (χ1n) is 5.25. The zero-order valence-corrected chi connectivity index (χ0v) is 10.7. The van der Waals surface area contributed by atoms with Crippen LogP contribution in [0.2, 0.25) is 0 Å². The van der Waals surface area contributed by atoms with Crippen LogP contribution in [0, 0.1) is 0 Å². The maximum atomic E-state index is 11.6. The average molecular weight is 253 g/mol. The minimum atomic E-state index is -0.968. The number of amides is 1. The smallest absolute Gasteiger partial charge is 0.336 e. The third-order valence-corrected chi connectivity index (χ3v) is 3.43. The summed E-state index contributed by atoms with van der Waals surface area (Å²) in [4.78, 5) is 24.8. The molecule has 0 aliphatic heterocycles. The van der Waals surface area contributed by atoms with Crippen LogP contribution < -0.4 is 0 Å². The molecule has 0 saturated carbocycles. The van der Waals surface area contributed by atoms with Crippen LogP contribution in [0.5, 0.6) is 0 Å². The lowest BCUT2D eigenvalue weighted by Gasteiger charge is -2.14. The van der Waals surface area contributed by atoms with Crippen molar-refractivity contribution in [1.29, 1.82) is 0 Å². The Hall–Kier alpha value is -1.49. The molecular formula is C12H15NO3S. The van der Waals surface area contributed by atoms with E-state index in [0.717, 1.165) is 0 Å². The number of hydrogen-bond donors (Lipinski definition) is 1. The van der Waals surface area contributed by atoms with Gasteiger partial charge >= 0.3 is 5.97 Å². The van der Waals surface area contributed by atoms with Crippen LogP contribution in [-0.2, 0) is 4.79 Å². The zero-order valence-electron chi connectivity index (χ0n) is 9.84. The van der Waals surface area contributed by atoms with E-state index >= 15 is 0 Å². The third kappa shape index (κ3) is 3.78. The maximum absolute atomic E-state index is 11.6. The number of thioether (sulfide) groups is 1. The van der Waals surface area contributed by atoms with Crippen molar-refractivity contribution in [3.05, 3.63) is 29.8 Å². The van der Waals surface area contributed by atoms with Crippen LogP contribution in [0.3, 0.4) is 0 Å². The molecule has 0 saturated heterocycles. The number of nitrogens with zero attached hydrogens (tertiary/aromatic N) is 1. The van der Waals surface area contributed by atoms with E-state index < -0.39 is 5.97 Å². The van der Waals surface area contributed by atoms with Crippen molar-refractivity contribution in [2.45, 2.75) is 11.8 Å². The van der Waals surface area contributed by atoms with Crippen molar-refractivity contribution in [2.24, 2.45) is 0 Å². The van der Waals surface area contributed by atoms with Crippen molar-refractivity contribution >= 4 is 23.6 Å². The van der Waals surface area contributed by atoms with Crippen LogP contribution in [0.15, 0.2) is 29.2 Å². The van der Waals surface area contributed by atoms with Gasteiger partial charge in [0.05, 0.1) is 11.3 Å². The summed E-state index contributed by atoms with van der Waals surface area (Å²) >= 11 is 1.26. The van der Waals surface area contributed by atoms with E-state index in [4.69, 9.17) is 5.11 Å². The maximum Gasteiger partial charge on any atom is 0.336 e. The highest BCUT2D eigenvalue weighted by atomic mass is 32.2. The second-order valence-corrected chi connectivity index (χ2v) is 4.52. The lowest BCUT2D eigenvalue weighted by molar-refractivity contribution is -0.126. The molecule has 0 aromatic heterocycles. The molecular weight excluding hydrogens is 238 g/mol. The predicted molar refractivity (Wildman–Crippen MR) is 67.4 cm³/mol. The Labute approximate surface area is 105 Å². The van der Waals surface area contributed by atoms with E-state index in [1.54, 1.807) is 36.2 Å². The van der Waals surface area contributed by atoms with Crippen LogP contribution in [-0.4, -0.2) is 41.2 Å². The van der Waals surface area contributed by atoms with Crippen molar-refractivity contribution in [3.63, 3.8) is 0 Å². The van der Waals surface area contributed by atoms with E-state index in [1.165, 1.54) is 11.8 Å². The summed E-state index contributed by atoms with van der Waals surface area (Å²) in [6, 6.07) is 6.70. The molecule has 1 N–H and O–H groups in total. The molecule has 0 unspecified atom stereocenters. The lowest BCUT2D eigenvalue weighted by Crippen LogP contribution is -2.27. The van der Waals surface area contributed by atoms with Gasteiger partial charge in [0.1, 0.15) is 0 Å². The molecule has 1 aromatic carbocycles. The van der Waals surface area contributed by atoms with Gasteiger partial charge in [-0.25, -0.2) is 4.79 Å². The van der Waals surface area contributed by atoms with E-state index in [9.17, 15) is 9.59 Å². The monoisotopic (exact) mass is 253 g/mol. The first-order valence-corrected chi connectivity index (χ1v) is 6.24. The number of carboxylic acids is 1. The van der Waals surface area contributed by atoms with Gasteiger partial charge in [0.25, 0.3) is 0 Å². The number of benzene rings is 1. The molecule has 1 amide bonds. The van der Waals surface area contributed by atoms with Crippen molar-refractivity contribution in [1.82, 2.24) is 4.90 Å². The Kier molecular flexibility index (Phi) is 5.03. The van der Waals surface area contributed by atoms with Crippen LogP contribution in [0.4, 0.5) is 0 Å². The van der Waals surface area contributed by atoms with Crippen LogP contribution in [0.1, 0.15) is 17.3 Å². The highest BCUT2D eigenvalue weighted by Gasteiger charge is 2.12. The van der Waals surface area contributed by atoms with Gasteiger partial charge in [0.2, 0.25) is 5.91 Å². The minimum absolute atomic E-state index is 0.00214. The molecule has 0 spiro atoms. The SMILES string of the molecule is CCN(C)C(=O)CSc1ccccc1C(=O)O. The Morgan fingerprint density at radius 3 is 2.59 bits per heavy atom. The van der Waals surface area contributed by atoms with E-state index in [-0.39, 0.29) is 17.2 Å². The normalized spacial score (nSPS) is 10.0. The second-order valence-electron chi connectivity index (χ2n) is 3.50. The summed E-state index contributed by atoms with van der Waals surface area (Å²) in [5.41, 5.74) is 0.240. The largest absolute Gasteiger partial charge is 0.478 e. The molecule has 0 radical (unpaired) electrons. The van der Waals surface area contributed by atoms with E-state index in [0.29, 0.717) is 11.4 Å². The molecule has 0 atom stereocenters. The fourth-order valence-corrected chi connectivity index (χ4v) is 2.18. The molecule has 17 heavy (non-hydrogen) atoms. The summed E-state index contributed by atoms with van der Waals surface area (Å²) in [5, 5.41) is 8.98. The van der Waals surface area contributed by atoms with Gasteiger partial charge in [-0.3, -0.25) is 4.79 Å². The van der Waals surface area contributed by atoms with Gasteiger partial charge in [-0.2, -0.15) is 0 Å². The third-order valence-electron chi connectivity index (χ3n) is 2.37. The Bertz CT molecular complexity index is 420. The van der Waals surface area contributed by atoms with Crippen molar-refractivity contribution in [2.75, 3.05) is 19.3 Å². The van der Waals surface area contributed by atoms with Crippen LogP contribution >= 0.6 is 11.8 Å². The van der Waals surface area contributed by atoms with Gasteiger partial charge in [-0.05, 0) is 19.1 Å². The minimum Gasteiger partial charge on any atom is -0.478 e. The average Bonchev–Trinajstić information content (AvgIpc) is 2.35. The summed E-state index contributed by atoms with van der Waals surface area (Å²) in [6.45, 7) is 2.55.